The van der Waals surface area contributed by atoms with Crippen molar-refractivity contribution in [2.75, 3.05) is 13.2 Å². The molecule has 3 rings (SSSR count). The molecule has 1 heterocycles. The van der Waals surface area contributed by atoms with Crippen LogP contribution >= 0.6 is 11.3 Å². The van der Waals surface area contributed by atoms with Crippen LogP contribution in [-0.4, -0.2) is 25.2 Å². The first-order chi connectivity index (χ1) is 12.2. The van der Waals surface area contributed by atoms with Crippen molar-refractivity contribution < 1.29 is 19.1 Å². The zero-order chi connectivity index (χ0) is 17.8. The van der Waals surface area contributed by atoms with E-state index in [2.05, 4.69) is 6.07 Å². The molecule has 1 aromatic heterocycles. The predicted molar refractivity (Wildman–Crippen MR) is 96.8 cm³/mol. The van der Waals surface area contributed by atoms with Gasteiger partial charge >= 0.3 is 11.9 Å². The number of hydrogen-bond donors (Lipinski definition) is 0. The van der Waals surface area contributed by atoms with Crippen LogP contribution in [-0.2, 0) is 31.9 Å². The van der Waals surface area contributed by atoms with Gasteiger partial charge in [-0.15, -0.1) is 11.3 Å². The van der Waals surface area contributed by atoms with Gasteiger partial charge in [0.15, 0.2) is 5.92 Å². The Hall–Kier alpha value is -2.14. The Labute approximate surface area is 151 Å². The molecule has 2 aromatic rings. The van der Waals surface area contributed by atoms with Gasteiger partial charge in [-0.2, -0.15) is 0 Å². The Kier molecular flexibility index (Phi) is 5.53. The summed E-state index contributed by atoms with van der Waals surface area (Å²) in [5.74, 6) is -2.37. The van der Waals surface area contributed by atoms with E-state index in [1.165, 1.54) is 10.4 Å². The summed E-state index contributed by atoms with van der Waals surface area (Å²) >= 11 is 1.68. The third-order valence-corrected chi connectivity index (χ3v) is 5.54. The van der Waals surface area contributed by atoms with Gasteiger partial charge in [0.05, 0.1) is 13.2 Å². The zero-order valence-corrected chi connectivity index (χ0v) is 15.3. The van der Waals surface area contributed by atoms with E-state index in [4.69, 9.17) is 9.47 Å². The van der Waals surface area contributed by atoms with Crippen molar-refractivity contribution in [3.63, 3.8) is 0 Å². The SMILES string of the molecule is CCOC(=O)C(C(=O)OCC)C1c2ccccc2CCc2sccc21. The smallest absolute Gasteiger partial charge is 0.321 e. The number of ether oxygens (including phenoxy) is 2. The molecule has 0 bridgehead atoms. The standard InChI is InChI=1S/C20H22O4S/c1-3-23-19(21)18(20(22)24-4-2)17-14-8-6-5-7-13(14)9-10-16-15(17)11-12-25-16/h5-8,11-12,17-18H,3-4,9-10H2,1-2H3. The van der Waals surface area contributed by atoms with Crippen LogP contribution in [0.4, 0.5) is 0 Å². The fourth-order valence-electron chi connectivity index (χ4n) is 3.50. The molecule has 0 saturated heterocycles. The quantitative estimate of drug-likeness (QED) is 0.604. The van der Waals surface area contributed by atoms with Crippen molar-refractivity contribution in [3.8, 4) is 0 Å². The molecular formula is C20H22O4S. The van der Waals surface area contributed by atoms with Gasteiger partial charge < -0.3 is 9.47 Å². The van der Waals surface area contributed by atoms with Gasteiger partial charge in [-0.05, 0) is 54.8 Å². The van der Waals surface area contributed by atoms with Crippen LogP contribution in [0.3, 0.4) is 0 Å². The highest BCUT2D eigenvalue weighted by molar-refractivity contribution is 7.10. The number of carbonyl (C=O) groups excluding carboxylic acids is 2. The first kappa shape index (κ1) is 17.7. The molecule has 0 amide bonds. The molecule has 1 aliphatic carbocycles. The molecule has 25 heavy (non-hydrogen) atoms. The van der Waals surface area contributed by atoms with E-state index >= 15 is 0 Å². The molecule has 0 N–H and O–H groups in total. The summed E-state index contributed by atoms with van der Waals surface area (Å²) in [6.45, 7) is 3.97. The van der Waals surface area contributed by atoms with Crippen LogP contribution in [0.5, 0.6) is 0 Å². The Morgan fingerprint density at radius 1 is 1.04 bits per heavy atom. The highest BCUT2D eigenvalue weighted by Gasteiger charge is 2.42. The second kappa shape index (κ2) is 7.83. The Bertz CT molecular complexity index is 747. The van der Waals surface area contributed by atoms with E-state index < -0.39 is 17.9 Å². The monoisotopic (exact) mass is 358 g/mol. The molecule has 1 atom stereocenters. The fourth-order valence-corrected chi connectivity index (χ4v) is 4.43. The van der Waals surface area contributed by atoms with Gasteiger partial charge in [-0.3, -0.25) is 9.59 Å². The van der Waals surface area contributed by atoms with Gasteiger partial charge in [0.2, 0.25) is 0 Å². The van der Waals surface area contributed by atoms with Crippen molar-refractivity contribution in [1.29, 1.82) is 0 Å². The highest BCUT2D eigenvalue weighted by atomic mass is 32.1. The minimum atomic E-state index is -0.979. The normalized spacial score (nSPS) is 15.9. The molecule has 0 saturated carbocycles. The Balaban J connectivity index is 2.14. The van der Waals surface area contributed by atoms with E-state index in [9.17, 15) is 9.59 Å². The summed E-state index contributed by atoms with van der Waals surface area (Å²) in [7, 11) is 0. The summed E-state index contributed by atoms with van der Waals surface area (Å²) in [5, 5.41) is 2.03. The first-order valence-corrected chi connectivity index (χ1v) is 9.52. The van der Waals surface area contributed by atoms with Crippen LogP contribution in [0.25, 0.3) is 0 Å². The molecular weight excluding hydrogens is 336 g/mol. The average Bonchev–Trinajstić information content (AvgIpc) is 3.01. The Morgan fingerprint density at radius 2 is 1.72 bits per heavy atom. The van der Waals surface area contributed by atoms with Gasteiger partial charge in [0.1, 0.15) is 0 Å². The summed E-state index contributed by atoms with van der Waals surface area (Å²) < 4.78 is 10.5. The number of esters is 2. The van der Waals surface area contributed by atoms with Crippen LogP contribution in [0, 0.1) is 5.92 Å². The van der Waals surface area contributed by atoms with Crippen molar-refractivity contribution in [2.24, 2.45) is 5.92 Å². The number of hydrogen-bond acceptors (Lipinski definition) is 5. The van der Waals surface area contributed by atoms with Crippen molar-refractivity contribution in [2.45, 2.75) is 32.6 Å². The lowest BCUT2D eigenvalue weighted by atomic mass is 9.80. The molecule has 0 aliphatic heterocycles. The summed E-state index contributed by atoms with van der Waals surface area (Å²) in [6.07, 6.45) is 1.82. The number of rotatable bonds is 5. The van der Waals surface area contributed by atoms with E-state index in [1.807, 2.05) is 29.6 Å². The van der Waals surface area contributed by atoms with Crippen molar-refractivity contribution in [3.05, 3.63) is 57.3 Å². The van der Waals surface area contributed by atoms with Gasteiger partial charge in [-0.1, -0.05) is 24.3 Å². The number of aryl methyl sites for hydroxylation is 2. The van der Waals surface area contributed by atoms with E-state index in [-0.39, 0.29) is 19.1 Å². The van der Waals surface area contributed by atoms with Gasteiger partial charge in [0.25, 0.3) is 0 Å². The van der Waals surface area contributed by atoms with Gasteiger partial charge in [-0.25, -0.2) is 0 Å². The minimum Gasteiger partial charge on any atom is -0.465 e. The van der Waals surface area contributed by atoms with Gasteiger partial charge in [0, 0.05) is 10.8 Å². The van der Waals surface area contributed by atoms with Crippen LogP contribution in [0.1, 0.15) is 41.3 Å². The Morgan fingerprint density at radius 3 is 2.40 bits per heavy atom. The third-order valence-electron chi connectivity index (χ3n) is 4.54. The molecule has 4 nitrogen and oxygen atoms in total. The van der Waals surface area contributed by atoms with E-state index in [1.54, 1.807) is 25.2 Å². The summed E-state index contributed by atoms with van der Waals surface area (Å²) in [5.41, 5.74) is 3.24. The van der Waals surface area contributed by atoms with Crippen molar-refractivity contribution in [1.82, 2.24) is 0 Å². The molecule has 132 valence electrons. The van der Waals surface area contributed by atoms with Crippen molar-refractivity contribution >= 4 is 23.3 Å². The maximum absolute atomic E-state index is 12.7. The first-order valence-electron chi connectivity index (χ1n) is 8.64. The number of carbonyl (C=O) groups is 2. The predicted octanol–water partition coefficient (Wildman–Crippen LogP) is 3.72. The molecule has 1 aliphatic rings. The van der Waals surface area contributed by atoms with Crippen LogP contribution in [0.2, 0.25) is 0 Å². The molecule has 0 fully saturated rings. The fraction of sp³-hybridized carbons (Fsp3) is 0.400. The molecule has 0 spiro atoms. The lowest BCUT2D eigenvalue weighted by Gasteiger charge is -2.25. The third kappa shape index (κ3) is 3.47. The summed E-state index contributed by atoms with van der Waals surface area (Å²) in [4.78, 5) is 26.6. The topological polar surface area (TPSA) is 52.6 Å². The molecule has 0 radical (unpaired) electrons. The summed E-state index contributed by atoms with van der Waals surface area (Å²) in [6, 6.07) is 10.1. The van der Waals surface area contributed by atoms with Crippen LogP contribution in [0.15, 0.2) is 35.7 Å². The second-order valence-electron chi connectivity index (χ2n) is 5.96. The number of thiophene rings is 1. The number of benzene rings is 1. The zero-order valence-electron chi connectivity index (χ0n) is 14.5. The van der Waals surface area contributed by atoms with E-state index in [0.29, 0.717) is 0 Å². The number of fused-ring (bicyclic) bond motifs is 2. The maximum Gasteiger partial charge on any atom is 0.321 e. The lowest BCUT2D eigenvalue weighted by Crippen LogP contribution is -2.34. The highest BCUT2D eigenvalue weighted by Crippen LogP contribution is 2.42. The largest absolute Gasteiger partial charge is 0.465 e. The minimum absolute atomic E-state index is 0.236. The second-order valence-corrected chi connectivity index (χ2v) is 6.96. The average molecular weight is 358 g/mol. The maximum atomic E-state index is 12.7. The molecule has 1 aromatic carbocycles. The molecule has 5 heteroatoms. The lowest BCUT2D eigenvalue weighted by molar-refractivity contribution is -0.162. The molecule has 1 unspecified atom stereocenters. The van der Waals surface area contributed by atoms with Crippen LogP contribution < -0.4 is 0 Å². The van der Waals surface area contributed by atoms with E-state index in [0.717, 1.165) is 24.0 Å².